The first-order valence-electron chi connectivity index (χ1n) is 11.5. The summed E-state index contributed by atoms with van der Waals surface area (Å²) in [6, 6.07) is 3.50. The predicted octanol–water partition coefficient (Wildman–Crippen LogP) is 2.07. The molecule has 194 valence electrons. The van der Waals surface area contributed by atoms with E-state index in [2.05, 4.69) is 15.3 Å². The van der Waals surface area contributed by atoms with Crippen molar-refractivity contribution in [3.8, 4) is 0 Å². The molecule has 36 heavy (non-hydrogen) atoms. The molecule has 4 heterocycles. The minimum atomic E-state index is -4.60. The number of carbonyl (C=O) groups is 2. The fourth-order valence-corrected chi connectivity index (χ4v) is 4.24. The number of carbonyl (C=O) groups excluding carboxylic acids is 2. The lowest BCUT2D eigenvalue weighted by molar-refractivity contribution is -0.149. The van der Waals surface area contributed by atoms with Crippen molar-refractivity contribution in [2.45, 2.75) is 50.6 Å². The van der Waals surface area contributed by atoms with Gasteiger partial charge in [-0.25, -0.2) is 14.8 Å². The number of hydrogen-bond acceptors (Lipinski definition) is 7. The number of fused-ring (bicyclic) bond motifs is 4. The minimum absolute atomic E-state index is 0.191. The molecule has 0 aromatic carbocycles. The number of nitrogens with zero attached hydrogens (tertiary/aromatic N) is 4. The number of aliphatic hydroxyl groups is 2. The molecule has 4 N–H and O–H groups in total. The Balaban J connectivity index is 1.55. The van der Waals surface area contributed by atoms with E-state index in [-0.39, 0.29) is 30.0 Å². The zero-order valence-electron chi connectivity index (χ0n) is 19.5. The summed E-state index contributed by atoms with van der Waals surface area (Å²) in [5, 5.41) is 23.2. The van der Waals surface area contributed by atoms with Gasteiger partial charge in [0.15, 0.2) is 5.82 Å². The van der Waals surface area contributed by atoms with E-state index in [0.29, 0.717) is 38.0 Å². The van der Waals surface area contributed by atoms with Gasteiger partial charge in [0.25, 0.3) is 5.91 Å². The van der Waals surface area contributed by atoms with Gasteiger partial charge in [0.2, 0.25) is 0 Å². The van der Waals surface area contributed by atoms with E-state index in [0.717, 1.165) is 12.5 Å². The molecule has 2 aliphatic heterocycles. The highest BCUT2D eigenvalue weighted by Gasteiger charge is 2.41. The smallest absolute Gasteiger partial charge is 0.394 e. The van der Waals surface area contributed by atoms with E-state index in [1.807, 2.05) is 10.2 Å². The molecule has 1 fully saturated rings. The third kappa shape index (κ3) is 5.51. The van der Waals surface area contributed by atoms with Crippen molar-refractivity contribution in [3.63, 3.8) is 0 Å². The van der Waals surface area contributed by atoms with Crippen LogP contribution in [0.1, 0.15) is 35.8 Å². The van der Waals surface area contributed by atoms with Gasteiger partial charge in [-0.3, -0.25) is 15.0 Å². The first kappa shape index (κ1) is 25.6. The third-order valence-electron chi connectivity index (χ3n) is 6.28. The maximum atomic E-state index is 13.3. The van der Waals surface area contributed by atoms with Gasteiger partial charge < -0.3 is 20.4 Å². The molecule has 10 nitrogen and oxygen atoms in total. The first-order valence-corrected chi connectivity index (χ1v) is 11.5. The Hall–Kier alpha value is -3.45. The molecule has 3 amide bonds. The highest BCUT2D eigenvalue weighted by atomic mass is 19.4. The monoisotopic (exact) mass is 508 g/mol. The van der Waals surface area contributed by atoms with E-state index in [9.17, 15) is 27.9 Å². The first-order chi connectivity index (χ1) is 17.1. The molecule has 0 aliphatic carbocycles. The van der Waals surface area contributed by atoms with Crippen molar-refractivity contribution in [1.82, 2.24) is 15.3 Å². The molecule has 2 aromatic heterocycles. The summed E-state index contributed by atoms with van der Waals surface area (Å²) in [7, 11) is 0. The van der Waals surface area contributed by atoms with Gasteiger partial charge in [0, 0.05) is 19.3 Å². The molecule has 3 atom stereocenters. The summed E-state index contributed by atoms with van der Waals surface area (Å²) < 4.78 is 38.7. The van der Waals surface area contributed by atoms with Crippen LogP contribution < -0.4 is 20.4 Å². The lowest BCUT2D eigenvalue weighted by atomic mass is 10.1. The molecule has 4 rings (SSSR count). The number of nitrogens with one attached hydrogen (secondary N) is 2. The maximum Gasteiger partial charge on any atom is 0.408 e. The quantitative estimate of drug-likeness (QED) is 0.450. The highest BCUT2D eigenvalue weighted by molar-refractivity contribution is 6.05. The largest absolute Gasteiger partial charge is 0.408 e. The Morgan fingerprint density at radius 2 is 2.06 bits per heavy atom. The summed E-state index contributed by atoms with van der Waals surface area (Å²) in [4.78, 5) is 37.7. The SMILES string of the molecule is C[C@@H](NC(=O)c1ccc2c(n1)N(C(=O)Nc1cc(CCC(O)CO)ccn1)[C@H]1CCN2C1)C(F)(F)F. The molecule has 0 saturated carbocycles. The molecule has 2 bridgehead atoms. The molecule has 2 aromatic rings. The van der Waals surface area contributed by atoms with Crippen molar-refractivity contribution in [2.75, 3.05) is 34.8 Å². The molecular weight excluding hydrogens is 481 g/mol. The molecular formula is C23H27F3N6O4. The Bertz CT molecular complexity index is 1130. The molecule has 1 saturated heterocycles. The number of aromatic nitrogens is 2. The van der Waals surface area contributed by atoms with Crippen LogP contribution in [0.2, 0.25) is 0 Å². The Kier molecular flexibility index (Phi) is 7.31. The van der Waals surface area contributed by atoms with Gasteiger partial charge in [0.05, 0.1) is 24.4 Å². The van der Waals surface area contributed by atoms with Crippen molar-refractivity contribution in [3.05, 3.63) is 41.7 Å². The maximum absolute atomic E-state index is 13.3. The average molecular weight is 509 g/mol. The molecule has 0 radical (unpaired) electrons. The standard InChI is InChI=1S/C23H27F3N6O4/c1-13(23(24,25)26)28-21(35)17-4-5-18-20(29-17)32(15-7-9-31(18)11-15)22(36)30-19-10-14(6-8-27-19)2-3-16(34)12-33/h4-6,8,10,13,15-16,33-34H,2-3,7,9,11-12H2,1H3,(H,28,35)(H,27,30,36)/t13-,15+,16?/m1/s1. The summed E-state index contributed by atoms with van der Waals surface area (Å²) in [6.45, 7) is 1.73. The predicted molar refractivity (Wildman–Crippen MR) is 125 cm³/mol. The second-order valence-corrected chi connectivity index (χ2v) is 8.89. The van der Waals surface area contributed by atoms with Gasteiger partial charge in [-0.1, -0.05) is 0 Å². The van der Waals surface area contributed by atoms with Crippen LogP contribution >= 0.6 is 0 Å². The number of rotatable bonds is 7. The molecule has 2 aliphatic rings. The van der Waals surface area contributed by atoms with E-state index >= 15 is 0 Å². The number of aryl methyl sites for hydroxylation is 1. The number of aliphatic hydroxyl groups excluding tert-OH is 2. The summed E-state index contributed by atoms with van der Waals surface area (Å²) in [5.41, 5.74) is 1.18. The van der Waals surface area contributed by atoms with E-state index in [1.165, 1.54) is 17.2 Å². The average Bonchev–Trinajstić information content (AvgIpc) is 3.25. The molecule has 1 unspecified atom stereocenters. The summed E-state index contributed by atoms with van der Waals surface area (Å²) in [6.07, 6.45) is -2.47. The van der Waals surface area contributed by atoms with Gasteiger partial charge >= 0.3 is 12.2 Å². The van der Waals surface area contributed by atoms with Gasteiger partial charge in [-0.15, -0.1) is 0 Å². The van der Waals surface area contributed by atoms with Crippen LogP contribution in [0.4, 0.5) is 35.3 Å². The van der Waals surface area contributed by atoms with Gasteiger partial charge in [0.1, 0.15) is 17.6 Å². The van der Waals surface area contributed by atoms with Crippen molar-refractivity contribution >= 4 is 29.3 Å². The van der Waals surface area contributed by atoms with Crippen LogP contribution in [0.25, 0.3) is 0 Å². The fourth-order valence-electron chi connectivity index (χ4n) is 4.24. The second-order valence-electron chi connectivity index (χ2n) is 8.89. The van der Waals surface area contributed by atoms with E-state index in [4.69, 9.17) is 5.11 Å². The van der Waals surface area contributed by atoms with Crippen LogP contribution in [-0.4, -0.2) is 76.2 Å². The van der Waals surface area contributed by atoms with Crippen molar-refractivity contribution in [1.29, 1.82) is 0 Å². The molecule has 13 heteroatoms. The van der Waals surface area contributed by atoms with Crippen molar-refractivity contribution < 1.29 is 33.0 Å². The summed E-state index contributed by atoms with van der Waals surface area (Å²) in [5.74, 6) is -0.531. The number of halogens is 3. The van der Waals surface area contributed by atoms with Crippen LogP contribution in [0.3, 0.4) is 0 Å². The van der Waals surface area contributed by atoms with Gasteiger partial charge in [-0.2, -0.15) is 13.2 Å². The second kappa shape index (κ2) is 10.3. The van der Waals surface area contributed by atoms with Crippen LogP contribution in [0, 0.1) is 0 Å². The fraction of sp³-hybridized carbons (Fsp3) is 0.478. The number of amides is 3. The molecule has 0 spiro atoms. The van der Waals surface area contributed by atoms with Gasteiger partial charge in [-0.05, 0) is 56.0 Å². The number of alkyl halides is 3. The zero-order chi connectivity index (χ0) is 26.0. The number of hydrogen-bond donors (Lipinski definition) is 4. The lowest BCUT2D eigenvalue weighted by Gasteiger charge is -2.35. The number of anilines is 3. The topological polar surface area (TPSA) is 131 Å². The summed E-state index contributed by atoms with van der Waals surface area (Å²) >= 11 is 0. The Labute approximate surface area is 205 Å². The number of urea groups is 1. The van der Waals surface area contributed by atoms with Crippen LogP contribution in [0.5, 0.6) is 0 Å². The van der Waals surface area contributed by atoms with Crippen LogP contribution in [0.15, 0.2) is 30.5 Å². The third-order valence-corrected chi connectivity index (χ3v) is 6.28. The Morgan fingerprint density at radius 3 is 2.78 bits per heavy atom. The van der Waals surface area contributed by atoms with E-state index in [1.54, 1.807) is 18.2 Å². The minimum Gasteiger partial charge on any atom is -0.394 e. The normalized spacial score (nSPS) is 18.4. The zero-order valence-corrected chi connectivity index (χ0v) is 19.5. The Morgan fingerprint density at radius 1 is 1.28 bits per heavy atom. The highest BCUT2D eigenvalue weighted by Crippen LogP contribution is 2.39. The van der Waals surface area contributed by atoms with Crippen molar-refractivity contribution in [2.24, 2.45) is 0 Å². The van der Waals surface area contributed by atoms with E-state index < -0.39 is 30.3 Å². The lowest BCUT2D eigenvalue weighted by Crippen LogP contribution is -2.49. The number of pyridine rings is 2. The van der Waals surface area contributed by atoms with Crippen LogP contribution in [-0.2, 0) is 6.42 Å².